The van der Waals surface area contributed by atoms with E-state index in [-0.39, 0.29) is 22.7 Å². The van der Waals surface area contributed by atoms with Crippen LogP contribution in [0.25, 0.3) is 0 Å². The minimum Gasteiger partial charge on any atom is -0.389 e. The zero-order valence-electron chi connectivity index (χ0n) is 11.3. The molecule has 1 unspecified atom stereocenters. The van der Waals surface area contributed by atoms with Crippen molar-refractivity contribution in [1.82, 2.24) is 10.0 Å². The van der Waals surface area contributed by atoms with Crippen LogP contribution in [0.3, 0.4) is 0 Å². The monoisotopic (exact) mass is 327 g/mol. The summed E-state index contributed by atoms with van der Waals surface area (Å²) in [6.45, 7) is 0.324. The number of amides is 1. The second-order valence-electron chi connectivity index (χ2n) is 4.98. The SMILES string of the molecule is NC(=S)c1cccc(CS(=O)(=O)NC2CCC(=O)NC2)c1. The van der Waals surface area contributed by atoms with E-state index in [1.54, 1.807) is 24.3 Å². The van der Waals surface area contributed by atoms with Crippen LogP contribution < -0.4 is 15.8 Å². The van der Waals surface area contributed by atoms with E-state index >= 15 is 0 Å². The van der Waals surface area contributed by atoms with Crippen LogP contribution >= 0.6 is 12.2 Å². The quantitative estimate of drug-likeness (QED) is 0.662. The van der Waals surface area contributed by atoms with E-state index in [1.165, 1.54) is 0 Å². The summed E-state index contributed by atoms with van der Waals surface area (Å²) in [4.78, 5) is 11.3. The van der Waals surface area contributed by atoms with Crippen molar-refractivity contribution in [3.05, 3.63) is 35.4 Å². The Bertz CT molecular complexity index is 648. The van der Waals surface area contributed by atoms with Crippen LogP contribution in [0, 0.1) is 0 Å². The minimum atomic E-state index is -3.48. The minimum absolute atomic E-state index is 0.0467. The number of carbonyl (C=O) groups excluding carboxylic acids is 1. The second-order valence-corrected chi connectivity index (χ2v) is 7.17. The summed E-state index contributed by atoms with van der Waals surface area (Å²) in [7, 11) is -3.48. The van der Waals surface area contributed by atoms with Gasteiger partial charge in [0.25, 0.3) is 0 Å². The van der Waals surface area contributed by atoms with Crippen molar-refractivity contribution in [2.45, 2.75) is 24.6 Å². The standard InChI is InChI=1S/C13H17N3O3S2/c14-13(20)10-3-1-2-9(6-10)8-21(18,19)16-11-4-5-12(17)15-7-11/h1-3,6,11,16H,4-5,7-8H2,(H2,14,20)(H,15,17). The number of rotatable bonds is 5. The van der Waals surface area contributed by atoms with Gasteiger partial charge in [-0.1, -0.05) is 30.4 Å². The zero-order chi connectivity index (χ0) is 15.5. The number of thiocarbonyl (C=S) groups is 1. The van der Waals surface area contributed by atoms with Gasteiger partial charge in [-0.05, 0) is 18.1 Å². The van der Waals surface area contributed by atoms with Gasteiger partial charge in [-0.25, -0.2) is 13.1 Å². The predicted octanol–water partition coefficient (Wildman–Crippen LogP) is 0.0188. The first kappa shape index (κ1) is 15.9. The van der Waals surface area contributed by atoms with E-state index < -0.39 is 10.0 Å². The third kappa shape index (κ3) is 4.76. The number of hydrogen-bond donors (Lipinski definition) is 3. The first-order chi connectivity index (χ1) is 9.85. The van der Waals surface area contributed by atoms with Crippen LogP contribution in [0.2, 0.25) is 0 Å². The molecule has 1 saturated heterocycles. The van der Waals surface area contributed by atoms with Gasteiger partial charge in [-0.15, -0.1) is 0 Å². The normalized spacial score (nSPS) is 19.0. The number of carbonyl (C=O) groups is 1. The van der Waals surface area contributed by atoms with Crippen molar-refractivity contribution >= 4 is 33.1 Å². The summed E-state index contributed by atoms with van der Waals surface area (Å²) in [5.74, 6) is -0.192. The van der Waals surface area contributed by atoms with Crippen LogP contribution in [0.5, 0.6) is 0 Å². The highest BCUT2D eigenvalue weighted by atomic mass is 32.2. The van der Waals surface area contributed by atoms with Crippen LogP contribution in [-0.2, 0) is 20.6 Å². The van der Waals surface area contributed by atoms with Crippen molar-refractivity contribution in [2.24, 2.45) is 5.73 Å². The smallest absolute Gasteiger partial charge is 0.220 e. The molecule has 0 spiro atoms. The van der Waals surface area contributed by atoms with Crippen molar-refractivity contribution in [3.63, 3.8) is 0 Å². The highest BCUT2D eigenvalue weighted by molar-refractivity contribution is 7.88. The van der Waals surface area contributed by atoms with Crippen LogP contribution in [-0.4, -0.2) is 31.9 Å². The van der Waals surface area contributed by atoms with Crippen molar-refractivity contribution in [1.29, 1.82) is 0 Å². The van der Waals surface area contributed by atoms with Gasteiger partial charge in [-0.2, -0.15) is 0 Å². The molecule has 0 aromatic heterocycles. The fourth-order valence-electron chi connectivity index (χ4n) is 2.16. The number of sulfonamides is 1. The molecule has 1 amide bonds. The van der Waals surface area contributed by atoms with Crippen molar-refractivity contribution in [2.75, 3.05) is 6.54 Å². The molecule has 8 heteroatoms. The Morgan fingerprint density at radius 3 is 2.86 bits per heavy atom. The molecule has 6 nitrogen and oxygen atoms in total. The molecule has 0 aliphatic carbocycles. The van der Waals surface area contributed by atoms with E-state index in [2.05, 4.69) is 10.0 Å². The number of nitrogens with one attached hydrogen (secondary N) is 2. The van der Waals surface area contributed by atoms with E-state index in [9.17, 15) is 13.2 Å². The maximum Gasteiger partial charge on any atom is 0.220 e. The third-order valence-electron chi connectivity index (χ3n) is 3.18. The average Bonchev–Trinajstić information content (AvgIpc) is 2.41. The predicted molar refractivity (Wildman–Crippen MR) is 84.1 cm³/mol. The van der Waals surface area contributed by atoms with Gasteiger partial charge in [-0.3, -0.25) is 4.79 Å². The summed E-state index contributed by atoms with van der Waals surface area (Å²) in [6, 6.07) is 6.59. The highest BCUT2D eigenvalue weighted by Gasteiger charge is 2.23. The van der Waals surface area contributed by atoms with Crippen molar-refractivity contribution in [3.8, 4) is 0 Å². The van der Waals surface area contributed by atoms with Gasteiger partial charge in [0.05, 0.1) is 5.75 Å². The lowest BCUT2D eigenvalue weighted by Crippen LogP contribution is -2.47. The summed E-state index contributed by atoms with van der Waals surface area (Å²) in [6.07, 6.45) is 0.849. The Morgan fingerprint density at radius 2 is 2.24 bits per heavy atom. The number of nitrogens with two attached hydrogens (primary N) is 1. The molecule has 1 heterocycles. The molecule has 1 aromatic carbocycles. The summed E-state index contributed by atoms with van der Waals surface area (Å²) >= 11 is 4.88. The molecule has 21 heavy (non-hydrogen) atoms. The molecule has 1 fully saturated rings. The highest BCUT2D eigenvalue weighted by Crippen LogP contribution is 2.11. The fraction of sp³-hybridized carbons (Fsp3) is 0.385. The van der Waals surface area contributed by atoms with Gasteiger partial charge in [0.1, 0.15) is 4.99 Å². The fourth-order valence-corrected chi connectivity index (χ4v) is 3.70. The number of hydrogen-bond acceptors (Lipinski definition) is 4. The van der Waals surface area contributed by atoms with Gasteiger partial charge >= 0.3 is 0 Å². The molecule has 4 N–H and O–H groups in total. The van der Waals surface area contributed by atoms with E-state index in [4.69, 9.17) is 18.0 Å². The number of piperidine rings is 1. The average molecular weight is 327 g/mol. The number of benzene rings is 1. The van der Waals surface area contributed by atoms with Crippen molar-refractivity contribution < 1.29 is 13.2 Å². The van der Waals surface area contributed by atoms with E-state index in [1.807, 2.05) is 0 Å². The molecule has 114 valence electrons. The molecule has 1 atom stereocenters. The molecule has 0 radical (unpaired) electrons. The Morgan fingerprint density at radius 1 is 1.48 bits per heavy atom. The van der Waals surface area contributed by atoms with Crippen LogP contribution in [0.1, 0.15) is 24.0 Å². The first-order valence-electron chi connectivity index (χ1n) is 6.51. The zero-order valence-corrected chi connectivity index (χ0v) is 13.0. The van der Waals surface area contributed by atoms with Gasteiger partial charge in [0.15, 0.2) is 0 Å². The van der Waals surface area contributed by atoms with E-state index in [0.29, 0.717) is 30.5 Å². The Kier molecular flexibility index (Phi) is 4.92. The maximum absolute atomic E-state index is 12.1. The summed E-state index contributed by atoms with van der Waals surface area (Å²) in [5, 5.41) is 2.64. The third-order valence-corrected chi connectivity index (χ3v) is 4.82. The second kappa shape index (κ2) is 6.50. The largest absolute Gasteiger partial charge is 0.389 e. The molecule has 0 saturated carbocycles. The summed E-state index contributed by atoms with van der Waals surface area (Å²) < 4.78 is 26.9. The molecule has 1 aliphatic heterocycles. The Labute approximate surface area is 129 Å². The van der Waals surface area contributed by atoms with Crippen LogP contribution in [0.4, 0.5) is 0 Å². The maximum atomic E-state index is 12.1. The van der Waals surface area contributed by atoms with Crippen LogP contribution in [0.15, 0.2) is 24.3 Å². The lowest BCUT2D eigenvalue weighted by Gasteiger charge is -2.23. The van der Waals surface area contributed by atoms with E-state index in [0.717, 1.165) is 0 Å². The molecule has 2 rings (SSSR count). The molecular weight excluding hydrogens is 310 g/mol. The Balaban J connectivity index is 2.02. The summed E-state index contributed by atoms with van der Waals surface area (Å²) in [5.41, 5.74) is 6.79. The van der Waals surface area contributed by atoms with Gasteiger partial charge in [0.2, 0.25) is 15.9 Å². The lowest BCUT2D eigenvalue weighted by atomic mass is 10.1. The molecule has 0 bridgehead atoms. The molecule has 1 aromatic rings. The molecular formula is C13H17N3O3S2. The first-order valence-corrected chi connectivity index (χ1v) is 8.57. The molecule has 1 aliphatic rings. The lowest BCUT2D eigenvalue weighted by molar-refractivity contribution is -0.122. The topological polar surface area (TPSA) is 101 Å². The van der Waals surface area contributed by atoms with Gasteiger partial charge in [0, 0.05) is 24.6 Å². The van der Waals surface area contributed by atoms with Gasteiger partial charge < -0.3 is 11.1 Å². The Hall–Kier alpha value is -1.51.